The van der Waals surface area contributed by atoms with Gasteiger partial charge < -0.3 is 5.11 Å². The van der Waals surface area contributed by atoms with Crippen LogP contribution >= 0.6 is 0 Å². The molecular weight excluding hydrogens is 150 g/mol. The van der Waals surface area contributed by atoms with Crippen LogP contribution in [0.1, 0.15) is 26.2 Å². The third-order valence-corrected chi connectivity index (χ3v) is 2.55. The lowest BCUT2D eigenvalue weighted by Gasteiger charge is -2.12. The largest absolute Gasteiger partial charge is 0.396 e. The van der Waals surface area contributed by atoms with Gasteiger partial charge in [0.1, 0.15) is 0 Å². The summed E-state index contributed by atoms with van der Waals surface area (Å²) in [4.78, 5) is 0. The third-order valence-electron chi connectivity index (χ3n) is 2.55. The standard InChI is InChI=1S/C8H14F2O/c1-2-6-3-8(9,10)4-7(6)5-11/h6-7,11H,2-5H2,1H3. The highest BCUT2D eigenvalue weighted by Gasteiger charge is 2.44. The molecule has 0 aromatic carbocycles. The van der Waals surface area contributed by atoms with E-state index in [-0.39, 0.29) is 31.3 Å². The maximum atomic E-state index is 12.7. The lowest BCUT2D eigenvalue weighted by molar-refractivity contribution is 0.000485. The van der Waals surface area contributed by atoms with Crippen molar-refractivity contribution in [2.75, 3.05) is 6.61 Å². The molecule has 0 heterocycles. The van der Waals surface area contributed by atoms with E-state index in [1.165, 1.54) is 0 Å². The zero-order chi connectivity index (χ0) is 8.48. The molecule has 0 spiro atoms. The van der Waals surface area contributed by atoms with Crippen LogP contribution in [-0.4, -0.2) is 17.6 Å². The third kappa shape index (κ3) is 1.89. The summed E-state index contributed by atoms with van der Waals surface area (Å²) in [7, 11) is 0. The molecule has 0 aromatic heterocycles. The number of aliphatic hydroxyl groups excluding tert-OH is 1. The predicted molar refractivity (Wildman–Crippen MR) is 38.5 cm³/mol. The van der Waals surface area contributed by atoms with Gasteiger partial charge in [-0.05, 0) is 11.8 Å². The van der Waals surface area contributed by atoms with Crippen LogP contribution in [0.4, 0.5) is 8.78 Å². The molecule has 1 rings (SSSR count). The first-order valence-corrected chi connectivity index (χ1v) is 4.07. The minimum atomic E-state index is -2.52. The normalized spacial score (nSPS) is 36.0. The molecule has 3 heteroatoms. The lowest BCUT2D eigenvalue weighted by Crippen LogP contribution is -2.11. The molecule has 2 atom stereocenters. The summed E-state index contributed by atoms with van der Waals surface area (Å²) in [5.41, 5.74) is 0. The van der Waals surface area contributed by atoms with Crippen molar-refractivity contribution in [3.8, 4) is 0 Å². The van der Waals surface area contributed by atoms with Crippen molar-refractivity contribution >= 4 is 0 Å². The Bertz CT molecular complexity index is 122. The number of alkyl halides is 2. The monoisotopic (exact) mass is 164 g/mol. The SMILES string of the molecule is CCC1CC(F)(F)CC1CO. The van der Waals surface area contributed by atoms with E-state index >= 15 is 0 Å². The number of hydrogen-bond acceptors (Lipinski definition) is 1. The molecule has 1 N–H and O–H groups in total. The first-order valence-electron chi connectivity index (χ1n) is 4.07. The molecule has 1 saturated carbocycles. The first kappa shape index (κ1) is 8.91. The minimum absolute atomic E-state index is 0.0231. The molecule has 1 aliphatic rings. The average Bonchev–Trinajstić information content (AvgIpc) is 2.25. The molecule has 0 radical (unpaired) electrons. The summed E-state index contributed by atoms with van der Waals surface area (Å²) in [5, 5.41) is 8.77. The molecule has 0 aromatic rings. The fraction of sp³-hybridized carbons (Fsp3) is 1.00. The molecule has 0 amide bonds. The Morgan fingerprint density at radius 2 is 1.91 bits per heavy atom. The summed E-state index contributed by atoms with van der Waals surface area (Å²) >= 11 is 0. The lowest BCUT2D eigenvalue weighted by atomic mass is 9.95. The van der Waals surface area contributed by atoms with Crippen molar-refractivity contribution in [1.82, 2.24) is 0 Å². The second kappa shape index (κ2) is 3.05. The molecule has 1 fully saturated rings. The Balaban J connectivity index is 2.55. The average molecular weight is 164 g/mol. The smallest absolute Gasteiger partial charge is 0.248 e. The van der Waals surface area contributed by atoms with Crippen molar-refractivity contribution in [3.05, 3.63) is 0 Å². The van der Waals surface area contributed by atoms with E-state index < -0.39 is 5.92 Å². The summed E-state index contributed by atoms with van der Waals surface area (Å²) in [6.07, 6.45) is 0.595. The van der Waals surface area contributed by atoms with Gasteiger partial charge in [0.2, 0.25) is 5.92 Å². The molecule has 11 heavy (non-hydrogen) atoms. The van der Waals surface area contributed by atoms with E-state index in [9.17, 15) is 8.78 Å². The highest BCUT2D eigenvalue weighted by atomic mass is 19.3. The van der Waals surface area contributed by atoms with E-state index in [0.29, 0.717) is 0 Å². The van der Waals surface area contributed by atoms with Gasteiger partial charge in [0.05, 0.1) is 0 Å². The molecule has 0 bridgehead atoms. The quantitative estimate of drug-likeness (QED) is 0.662. The van der Waals surface area contributed by atoms with Crippen LogP contribution in [0.15, 0.2) is 0 Å². The van der Waals surface area contributed by atoms with Gasteiger partial charge in [-0.2, -0.15) is 0 Å². The highest BCUT2D eigenvalue weighted by Crippen LogP contribution is 2.44. The maximum Gasteiger partial charge on any atom is 0.248 e. The molecule has 2 unspecified atom stereocenters. The molecule has 1 aliphatic carbocycles. The zero-order valence-electron chi connectivity index (χ0n) is 6.69. The van der Waals surface area contributed by atoms with E-state index in [4.69, 9.17) is 5.11 Å². The fourth-order valence-electron chi connectivity index (χ4n) is 1.88. The van der Waals surface area contributed by atoms with Crippen LogP contribution in [0.5, 0.6) is 0 Å². The van der Waals surface area contributed by atoms with Crippen LogP contribution in [0.3, 0.4) is 0 Å². The second-order valence-electron chi connectivity index (χ2n) is 3.38. The number of halogens is 2. The Morgan fingerprint density at radius 1 is 1.36 bits per heavy atom. The summed E-state index contributed by atoms with van der Waals surface area (Å²) < 4.78 is 25.4. The molecule has 1 nitrogen and oxygen atoms in total. The first-order chi connectivity index (χ1) is 5.09. The molecule has 0 aliphatic heterocycles. The number of hydrogen-bond donors (Lipinski definition) is 1. The Morgan fingerprint density at radius 3 is 2.27 bits per heavy atom. The van der Waals surface area contributed by atoms with Gasteiger partial charge in [-0.1, -0.05) is 13.3 Å². The molecule has 0 saturated heterocycles. The van der Waals surface area contributed by atoms with Crippen LogP contribution < -0.4 is 0 Å². The van der Waals surface area contributed by atoms with Gasteiger partial charge in [-0.15, -0.1) is 0 Å². The van der Waals surface area contributed by atoms with Gasteiger partial charge >= 0.3 is 0 Å². The van der Waals surface area contributed by atoms with Crippen LogP contribution in [0.25, 0.3) is 0 Å². The highest BCUT2D eigenvalue weighted by molar-refractivity contribution is 4.87. The Kier molecular flexibility index (Phi) is 2.47. The Labute approximate surface area is 65.4 Å². The van der Waals surface area contributed by atoms with Gasteiger partial charge in [0.15, 0.2) is 0 Å². The fourth-order valence-corrected chi connectivity index (χ4v) is 1.88. The van der Waals surface area contributed by atoms with E-state index in [1.54, 1.807) is 0 Å². The van der Waals surface area contributed by atoms with Crippen LogP contribution in [-0.2, 0) is 0 Å². The van der Waals surface area contributed by atoms with Gasteiger partial charge in [-0.3, -0.25) is 0 Å². The Hall–Kier alpha value is -0.180. The number of aliphatic hydroxyl groups is 1. The second-order valence-corrected chi connectivity index (χ2v) is 3.38. The molecule has 66 valence electrons. The summed E-state index contributed by atoms with van der Waals surface area (Å²) in [6, 6.07) is 0. The van der Waals surface area contributed by atoms with Crippen molar-refractivity contribution in [2.45, 2.75) is 32.1 Å². The van der Waals surface area contributed by atoms with E-state index in [0.717, 1.165) is 6.42 Å². The van der Waals surface area contributed by atoms with E-state index in [2.05, 4.69) is 0 Å². The maximum absolute atomic E-state index is 12.7. The number of rotatable bonds is 2. The van der Waals surface area contributed by atoms with E-state index in [1.807, 2.05) is 6.92 Å². The summed E-state index contributed by atoms with van der Waals surface area (Å²) in [6.45, 7) is 1.81. The van der Waals surface area contributed by atoms with Crippen molar-refractivity contribution in [2.24, 2.45) is 11.8 Å². The van der Waals surface area contributed by atoms with Crippen molar-refractivity contribution in [1.29, 1.82) is 0 Å². The topological polar surface area (TPSA) is 20.2 Å². The minimum Gasteiger partial charge on any atom is -0.396 e. The van der Waals surface area contributed by atoms with Crippen LogP contribution in [0, 0.1) is 11.8 Å². The predicted octanol–water partition coefficient (Wildman–Crippen LogP) is 2.05. The van der Waals surface area contributed by atoms with Gasteiger partial charge in [-0.25, -0.2) is 8.78 Å². The zero-order valence-corrected chi connectivity index (χ0v) is 6.69. The van der Waals surface area contributed by atoms with Crippen molar-refractivity contribution < 1.29 is 13.9 Å². The van der Waals surface area contributed by atoms with Gasteiger partial charge in [0, 0.05) is 19.4 Å². The van der Waals surface area contributed by atoms with Crippen LogP contribution in [0.2, 0.25) is 0 Å². The van der Waals surface area contributed by atoms with Crippen molar-refractivity contribution in [3.63, 3.8) is 0 Å². The summed E-state index contributed by atoms with van der Waals surface area (Å²) in [5.74, 6) is -2.67. The van der Waals surface area contributed by atoms with Gasteiger partial charge in [0.25, 0.3) is 0 Å². The molecular formula is C8H14F2O.